The summed E-state index contributed by atoms with van der Waals surface area (Å²) in [6, 6.07) is 12.9. The van der Waals surface area contributed by atoms with Gasteiger partial charge >= 0.3 is 0 Å². The summed E-state index contributed by atoms with van der Waals surface area (Å²) in [4.78, 5) is 36.0. The zero-order chi connectivity index (χ0) is 20.1. The SMILES string of the molecule is NC(=O)[C@H]1CCCN(Cc2ccc(NC(=O)c3ccc([N+](=O)[O-])cc3)cc2)C1. The minimum Gasteiger partial charge on any atom is -0.369 e. The lowest BCUT2D eigenvalue weighted by atomic mass is 9.97. The van der Waals surface area contributed by atoms with E-state index in [1.807, 2.05) is 24.3 Å². The molecule has 0 radical (unpaired) electrons. The molecule has 1 atom stereocenters. The predicted molar refractivity (Wildman–Crippen MR) is 105 cm³/mol. The van der Waals surface area contributed by atoms with Crippen molar-refractivity contribution in [1.82, 2.24) is 4.90 Å². The number of nitro groups is 1. The molecule has 2 aromatic carbocycles. The van der Waals surface area contributed by atoms with Gasteiger partial charge in [-0.05, 0) is 49.2 Å². The van der Waals surface area contributed by atoms with E-state index in [0.29, 0.717) is 17.8 Å². The van der Waals surface area contributed by atoms with Crippen LogP contribution in [0.25, 0.3) is 0 Å². The topological polar surface area (TPSA) is 119 Å². The third-order valence-corrected chi connectivity index (χ3v) is 4.87. The first-order chi connectivity index (χ1) is 13.4. The monoisotopic (exact) mass is 382 g/mol. The number of nitro benzene ring substituents is 1. The van der Waals surface area contributed by atoms with Crippen LogP contribution in [0.15, 0.2) is 48.5 Å². The molecule has 0 aliphatic carbocycles. The van der Waals surface area contributed by atoms with Gasteiger partial charge in [-0.1, -0.05) is 12.1 Å². The highest BCUT2D eigenvalue weighted by molar-refractivity contribution is 6.04. The van der Waals surface area contributed by atoms with Crippen LogP contribution in [0.3, 0.4) is 0 Å². The molecule has 28 heavy (non-hydrogen) atoms. The summed E-state index contributed by atoms with van der Waals surface area (Å²) >= 11 is 0. The fourth-order valence-corrected chi connectivity index (χ4v) is 3.32. The standard InChI is InChI=1S/C20H22N4O4/c21-19(25)16-2-1-11-23(13-16)12-14-3-7-17(8-4-14)22-20(26)15-5-9-18(10-6-15)24(27)28/h3-10,16H,1-2,11-13H2,(H2,21,25)(H,22,26)/t16-/m0/s1. The van der Waals surface area contributed by atoms with Gasteiger partial charge in [-0.25, -0.2) is 0 Å². The maximum atomic E-state index is 12.3. The average Bonchev–Trinajstić information content (AvgIpc) is 2.69. The number of anilines is 1. The van der Waals surface area contributed by atoms with Gasteiger partial charge in [-0.3, -0.25) is 24.6 Å². The number of rotatable bonds is 6. The van der Waals surface area contributed by atoms with Crippen LogP contribution in [-0.2, 0) is 11.3 Å². The van der Waals surface area contributed by atoms with Gasteiger partial charge in [-0.2, -0.15) is 0 Å². The first-order valence-corrected chi connectivity index (χ1v) is 9.09. The number of carbonyl (C=O) groups is 2. The summed E-state index contributed by atoms with van der Waals surface area (Å²) in [6.07, 6.45) is 1.80. The van der Waals surface area contributed by atoms with Crippen molar-refractivity contribution < 1.29 is 14.5 Å². The van der Waals surface area contributed by atoms with E-state index >= 15 is 0 Å². The molecule has 8 heteroatoms. The Morgan fingerprint density at radius 2 is 1.82 bits per heavy atom. The predicted octanol–water partition coefficient (Wildman–Crippen LogP) is 2.54. The number of piperidine rings is 1. The molecule has 0 unspecified atom stereocenters. The number of non-ortho nitro benzene ring substituents is 1. The summed E-state index contributed by atoms with van der Waals surface area (Å²) in [5, 5.41) is 13.5. The molecule has 2 amide bonds. The molecule has 0 bridgehead atoms. The molecular formula is C20H22N4O4. The molecule has 3 rings (SSSR count). The van der Waals surface area contributed by atoms with Crippen LogP contribution in [0.1, 0.15) is 28.8 Å². The van der Waals surface area contributed by atoms with Crippen molar-refractivity contribution in [2.24, 2.45) is 11.7 Å². The lowest BCUT2D eigenvalue weighted by Gasteiger charge is -2.31. The number of nitrogens with two attached hydrogens (primary N) is 1. The molecule has 8 nitrogen and oxygen atoms in total. The normalized spacial score (nSPS) is 17.1. The summed E-state index contributed by atoms with van der Waals surface area (Å²) < 4.78 is 0. The summed E-state index contributed by atoms with van der Waals surface area (Å²) in [5.41, 5.74) is 7.43. The van der Waals surface area contributed by atoms with Crippen molar-refractivity contribution in [1.29, 1.82) is 0 Å². The summed E-state index contributed by atoms with van der Waals surface area (Å²) in [7, 11) is 0. The second-order valence-electron chi connectivity index (χ2n) is 6.93. The Morgan fingerprint density at radius 1 is 1.14 bits per heavy atom. The van der Waals surface area contributed by atoms with Gasteiger partial charge in [0.25, 0.3) is 11.6 Å². The molecule has 1 saturated heterocycles. The number of nitrogens with one attached hydrogen (secondary N) is 1. The molecule has 3 N–H and O–H groups in total. The van der Waals surface area contributed by atoms with Crippen LogP contribution in [0.2, 0.25) is 0 Å². The maximum Gasteiger partial charge on any atom is 0.269 e. The average molecular weight is 382 g/mol. The fourth-order valence-electron chi connectivity index (χ4n) is 3.32. The van der Waals surface area contributed by atoms with E-state index in [1.165, 1.54) is 24.3 Å². The summed E-state index contributed by atoms with van der Waals surface area (Å²) in [6.45, 7) is 2.33. The molecule has 0 spiro atoms. The summed E-state index contributed by atoms with van der Waals surface area (Å²) in [5.74, 6) is -0.661. The minimum atomic E-state index is -0.506. The highest BCUT2D eigenvalue weighted by Gasteiger charge is 2.23. The Hall–Kier alpha value is -3.26. The minimum absolute atomic E-state index is 0.0582. The van der Waals surface area contributed by atoms with Gasteiger partial charge in [0.2, 0.25) is 5.91 Å². The van der Waals surface area contributed by atoms with E-state index in [-0.39, 0.29) is 23.4 Å². The smallest absolute Gasteiger partial charge is 0.269 e. The van der Waals surface area contributed by atoms with E-state index in [9.17, 15) is 19.7 Å². The van der Waals surface area contributed by atoms with Crippen molar-refractivity contribution in [2.45, 2.75) is 19.4 Å². The van der Waals surface area contributed by atoms with Crippen molar-refractivity contribution in [3.63, 3.8) is 0 Å². The van der Waals surface area contributed by atoms with Gasteiger partial charge in [0.1, 0.15) is 0 Å². The molecule has 0 saturated carbocycles. The number of hydrogen-bond acceptors (Lipinski definition) is 5. The quantitative estimate of drug-likeness (QED) is 0.588. The first-order valence-electron chi connectivity index (χ1n) is 9.09. The molecule has 1 aliphatic heterocycles. The lowest BCUT2D eigenvalue weighted by molar-refractivity contribution is -0.384. The van der Waals surface area contributed by atoms with Crippen LogP contribution < -0.4 is 11.1 Å². The largest absolute Gasteiger partial charge is 0.369 e. The van der Waals surface area contributed by atoms with Crippen LogP contribution in [0.5, 0.6) is 0 Å². The third-order valence-electron chi connectivity index (χ3n) is 4.87. The lowest BCUT2D eigenvalue weighted by Crippen LogP contribution is -2.40. The third kappa shape index (κ3) is 4.92. The number of nitrogens with zero attached hydrogens (tertiary/aromatic N) is 2. The number of amides is 2. The number of primary amides is 1. The second kappa shape index (κ2) is 8.62. The maximum absolute atomic E-state index is 12.3. The van der Waals surface area contributed by atoms with Crippen molar-refractivity contribution in [3.05, 3.63) is 69.8 Å². The zero-order valence-electron chi connectivity index (χ0n) is 15.3. The van der Waals surface area contributed by atoms with Gasteiger partial charge < -0.3 is 11.1 Å². The van der Waals surface area contributed by atoms with Gasteiger partial charge in [0, 0.05) is 36.5 Å². The first kappa shape index (κ1) is 19.5. The number of benzene rings is 2. The molecule has 1 aliphatic rings. The van der Waals surface area contributed by atoms with Crippen molar-refractivity contribution in [3.8, 4) is 0 Å². The van der Waals surface area contributed by atoms with Crippen LogP contribution in [0.4, 0.5) is 11.4 Å². The van der Waals surface area contributed by atoms with Gasteiger partial charge in [-0.15, -0.1) is 0 Å². The fraction of sp³-hybridized carbons (Fsp3) is 0.300. The zero-order valence-corrected chi connectivity index (χ0v) is 15.3. The number of carbonyl (C=O) groups excluding carboxylic acids is 2. The molecular weight excluding hydrogens is 360 g/mol. The Labute approximate surface area is 162 Å². The number of likely N-dealkylation sites (tertiary alicyclic amines) is 1. The van der Waals surface area contributed by atoms with Gasteiger partial charge in [0.05, 0.1) is 10.8 Å². The molecule has 1 fully saturated rings. The van der Waals surface area contributed by atoms with Crippen LogP contribution >= 0.6 is 0 Å². The highest BCUT2D eigenvalue weighted by atomic mass is 16.6. The van der Waals surface area contributed by atoms with Crippen LogP contribution in [0, 0.1) is 16.0 Å². The van der Waals surface area contributed by atoms with E-state index in [0.717, 1.165) is 31.5 Å². The van der Waals surface area contributed by atoms with Crippen molar-refractivity contribution >= 4 is 23.2 Å². The van der Waals surface area contributed by atoms with E-state index < -0.39 is 4.92 Å². The van der Waals surface area contributed by atoms with Crippen molar-refractivity contribution in [2.75, 3.05) is 18.4 Å². The van der Waals surface area contributed by atoms with E-state index in [2.05, 4.69) is 10.2 Å². The van der Waals surface area contributed by atoms with E-state index in [1.54, 1.807) is 0 Å². The Balaban J connectivity index is 1.57. The Kier molecular flexibility index (Phi) is 6.00. The molecule has 1 heterocycles. The Morgan fingerprint density at radius 3 is 2.43 bits per heavy atom. The Bertz CT molecular complexity index is 865. The molecule has 2 aromatic rings. The second-order valence-corrected chi connectivity index (χ2v) is 6.93. The molecule has 0 aromatic heterocycles. The highest BCUT2D eigenvalue weighted by Crippen LogP contribution is 2.20. The van der Waals surface area contributed by atoms with E-state index in [4.69, 9.17) is 5.73 Å². The van der Waals surface area contributed by atoms with Gasteiger partial charge in [0.15, 0.2) is 0 Å². The van der Waals surface area contributed by atoms with Crippen LogP contribution in [-0.4, -0.2) is 34.7 Å². The molecule has 146 valence electrons. The number of hydrogen-bond donors (Lipinski definition) is 2.